The molecule has 0 heterocycles. The van der Waals surface area contributed by atoms with Crippen molar-refractivity contribution in [1.29, 1.82) is 0 Å². The van der Waals surface area contributed by atoms with Gasteiger partial charge >= 0.3 is 0 Å². The van der Waals surface area contributed by atoms with Gasteiger partial charge in [-0.25, -0.2) is 0 Å². The topological polar surface area (TPSA) is 0 Å². The lowest BCUT2D eigenvalue weighted by molar-refractivity contribution is 0.998. The minimum Gasteiger partial charge on any atom is -0.103 e. The van der Waals surface area contributed by atoms with Gasteiger partial charge in [-0.1, -0.05) is 41.1 Å². The van der Waals surface area contributed by atoms with Crippen molar-refractivity contribution in [3.05, 3.63) is 38.0 Å². The summed E-state index contributed by atoms with van der Waals surface area (Å²) in [5.41, 5.74) is 0. The third-order valence-corrected chi connectivity index (χ3v) is 11.3. The summed E-state index contributed by atoms with van der Waals surface area (Å²) in [6.07, 6.45) is 7.36. The van der Waals surface area contributed by atoms with Crippen LogP contribution in [-0.2, 0) is 0 Å². The van der Waals surface area contributed by atoms with Gasteiger partial charge in [-0.15, -0.1) is 19.7 Å². The molecule has 14 heavy (non-hydrogen) atoms. The van der Waals surface area contributed by atoms with Crippen molar-refractivity contribution in [2.24, 2.45) is 0 Å². The number of hydrogen-bond acceptors (Lipinski definition) is 0. The summed E-state index contributed by atoms with van der Waals surface area (Å²) in [6, 6.07) is 3.44. The summed E-state index contributed by atoms with van der Waals surface area (Å²) in [7, 11) is -1.34. The molecule has 0 aromatic carbocycles. The molecular formula is C12H21BrSi. The van der Waals surface area contributed by atoms with E-state index in [-0.39, 0.29) is 0 Å². The predicted octanol–water partition coefficient (Wildman–Crippen LogP) is 4.71. The number of rotatable bonds is 8. The molecule has 1 unspecified atom stereocenters. The molecule has 0 radical (unpaired) electrons. The molecule has 0 aliphatic heterocycles. The Labute approximate surface area is 97.9 Å². The van der Waals surface area contributed by atoms with Crippen LogP contribution in [0.15, 0.2) is 38.0 Å². The van der Waals surface area contributed by atoms with Gasteiger partial charge < -0.3 is 0 Å². The normalized spacial score (nSPS) is 13.3. The number of alkyl halides is 1. The Kier molecular flexibility index (Phi) is 7.20. The van der Waals surface area contributed by atoms with E-state index >= 15 is 0 Å². The molecule has 0 rings (SSSR count). The van der Waals surface area contributed by atoms with Crippen LogP contribution in [0.3, 0.4) is 0 Å². The van der Waals surface area contributed by atoms with Gasteiger partial charge in [0.05, 0.1) is 8.07 Å². The fourth-order valence-electron chi connectivity index (χ4n) is 1.93. The van der Waals surface area contributed by atoms with Gasteiger partial charge in [-0.3, -0.25) is 0 Å². The molecule has 2 heteroatoms. The molecule has 80 valence electrons. The lowest BCUT2D eigenvalue weighted by Gasteiger charge is -2.33. The van der Waals surface area contributed by atoms with Crippen LogP contribution in [0.25, 0.3) is 0 Å². The van der Waals surface area contributed by atoms with E-state index in [2.05, 4.69) is 60.8 Å². The average Bonchev–Trinajstić information content (AvgIpc) is 2.17. The Morgan fingerprint density at radius 3 is 1.64 bits per heavy atom. The minimum atomic E-state index is -1.34. The highest BCUT2D eigenvalue weighted by molar-refractivity contribution is 9.10. The van der Waals surface area contributed by atoms with Crippen molar-refractivity contribution in [2.45, 2.75) is 35.9 Å². The largest absolute Gasteiger partial charge is 0.103 e. The van der Waals surface area contributed by atoms with Gasteiger partial charge in [0.1, 0.15) is 0 Å². The summed E-state index contributed by atoms with van der Waals surface area (Å²) in [5, 5.41) is 0. The molecule has 0 N–H and O–H groups in total. The zero-order chi connectivity index (χ0) is 11.0. The van der Waals surface area contributed by atoms with E-state index < -0.39 is 8.07 Å². The van der Waals surface area contributed by atoms with Gasteiger partial charge in [-0.05, 0) is 24.6 Å². The molecule has 0 aromatic heterocycles. The summed E-state index contributed by atoms with van der Waals surface area (Å²) in [4.78, 5) is 0. The Hall–Kier alpha value is -0.0831. The Morgan fingerprint density at radius 2 is 1.43 bits per heavy atom. The van der Waals surface area contributed by atoms with Crippen molar-refractivity contribution in [3.8, 4) is 0 Å². The molecule has 0 aliphatic carbocycles. The highest BCUT2D eigenvalue weighted by atomic mass is 79.9. The fraction of sp³-hybridized carbons (Fsp3) is 0.500. The highest BCUT2D eigenvalue weighted by Crippen LogP contribution is 2.32. The Morgan fingerprint density at radius 1 is 1.07 bits per heavy atom. The maximum atomic E-state index is 3.87. The third kappa shape index (κ3) is 3.58. The first kappa shape index (κ1) is 13.9. The van der Waals surface area contributed by atoms with E-state index in [0.717, 1.165) is 18.1 Å². The molecule has 0 bridgehead atoms. The van der Waals surface area contributed by atoms with Gasteiger partial charge in [0.25, 0.3) is 0 Å². The van der Waals surface area contributed by atoms with Crippen LogP contribution >= 0.6 is 15.9 Å². The van der Waals surface area contributed by atoms with Gasteiger partial charge in [0, 0.05) is 4.45 Å². The summed E-state index contributed by atoms with van der Waals surface area (Å²) in [5.74, 6) is 0. The number of hydrogen-bond donors (Lipinski definition) is 0. The van der Waals surface area contributed by atoms with Crippen LogP contribution in [0.1, 0.15) is 13.3 Å². The molecule has 0 amide bonds. The van der Waals surface area contributed by atoms with Crippen LogP contribution in [0.5, 0.6) is 0 Å². The van der Waals surface area contributed by atoms with Crippen molar-refractivity contribution in [1.82, 2.24) is 0 Å². The fourth-order valence-corrected chi connectivity index (χ4v) is 7.47. The average molecular weight is 273 g/mol. The summed E-state index contributed by atoms with van der Waals surface area (Å²) >= 11 is 3.82. The molecule has 0 aliphatic rings. The van der Waals surface area contributed by atoms with Gasteiger partial charge in [0.15, 0.2) is 0 Å². The number of allylic oxidation sites excluding steroid dienone is 3. The first-order valence-electron chi connectivity index (χ1n) is 5.13. The molecular weight excluding hydrogens is 252 g/mol. The standard InChI is InChI=1S/C12H21BrSi/c1-5-9-14(10-6-2,11-7-3)12(13)8-4/h5-7,12H,1-3,8-11H2,4H3. The molecule has 1 atom stereocenters. The molecule has 0 aromatic rings. The third-order valence-electron chi connectivity index (χ3n) is 2.68. The smallest absolute Gasteiger partial charge is 0.0797 e. The zero-order valence-corrected chi connectivity index (χ0v) is 11.7. The van der Waals surface area contributed by atoms with Crippen molar-refractivity contribution < 1.29 is 0 Å². The van der Waals surface area contributed by atoms with Gasteiger partial charge in [-0.2, -0.15) is 0 Å². The van der Waals surface area contributed by atoms with Crippen molar-refractivity contribution in [3.63, 3.8) is 0 Å². The first-order chi connectivity index (χ1) is 6.66. The maximum absolute atomic E-state index is 3.87. The molecule has 0 nitrogen and oxygen atoms in total. The SMILES string of the molecule is C=CC[Si](CC=C)(CC=C)C(Br)CC. The minimum absolute atomic E-state index is 0.643. The Bertz CT molecular complexity index is 172. The van der Waals surface area contributed by atoms with E-state index in [1.165, 1.54) is 6.42 Å². The maximum Gasteiger partial charge on any atom is 0.0797 e. The first-order valence-corrected chi connectivity index (χ1v) is 8.75. The van der Waals surface area contributed by atoms with Gasteiger partial charge in [0.2, 0.25) is 0 Å². The van der Waals surface area contributed by atoms with Crippen molar-refractivity contribution >= 4 is 24.0 Å². The van der Waals surface area contributed by atoms with Crippen LogP contribution in [0.4, 0.5) is 0 Å². The second-order valence-electron chi connectivity index (χ2n) is 3.72. The van der Waals surface area contributed by atoms with E-state index in [4.69, 9.17) is 0 Å². The van der Waals surface area contributed by atoms with Crippen LogP contribution in [-0.4, -0.2) is 12.5 Å². The monoisotopic (exact) mass is 272 g/mol. The van der Waals surface area contributed by atoms with Crippen LogP contribution < -0.4 is 0 Å². The number of halogens is 1. The van der Waals surface area contributed by atoms with E-state index in [1.807, 2.05) is 0 Å². The van der Waals surface area contributed by atoms with Crippen LogP contribution in [0.2, 0.25) is 18.1 Å². The quantitative estimate of drug-likeness (QED) is 0.341. The zero-order valence-electron chi connectivity index (χ0n) is 9.14. The summed E-state index contributed by atoms with van der Waals surface area (Å²) < 4.78 is 0.643. The van der Waals surface area contributed by atoms with Crippen molar-refractivity contribution in [2.75, 3.05) is 0 Å². The lowest BCUT2D eigenvalue weighted by Crippen LogP contribution is -2.42. The highest BCUT2D eigenvalue weighted by Gasteiger charge is 2.35. The second kappa shape index (κ2) is 7.24. The predicted molar refractivity (Wildman–Crippen MR) is 73.8 cm³/mol. The molecule has 0 fully saturated rings. The van der Waals surface area contributed by atoms with E-state index in [1.54, 1.807) is 0 Å². The molecule has 0 spiro atoms. The van der Waals surface area contributed by atoms with Crippen LogP contribution in [0, 0.1) is 0 Å². The molecule has 0 saturated heterocycles. The Balaban J connectivity index is 4.78. The molecule has 0 saturated carbocycles. The lowest BCUT2D eigenvalue weighted by atomic mass is 10.6. The summed E-state index contributed by atoms with van der Waals surface area (Å²) in [6.45, 7) is 13.8. The van der Waals surface area contributed by atoms with E-state index in [0.29, 0.717) is 4.45 Å². The second-order valence-corrected chi connectivity index (χ2v) is 10.3. The van der Waals surface area contributed by atoms with E-state index in [9.17, 15) is 0 Å².